The van der Waals surface area contributed by atoms with E-state index in [0.717, 1.165) is 6.42 Å². The van der Waals surface area contributed by atoms with Crippen LogP contribution in [0.25, 0.3) is 0 Å². The number of piperidine rings is 1. The number of carbonyl (C=O) groups is 2. The lowest BCUT2D eigenvalue weighted by molar-refractivity contribution is -0.148. The van der Waals surface area contributed by atoms with Crippen LogP contribution in [-0.2, 0) is 26.3 Å². The Morgan fingerprint density at radius 1 is 1.14 bits per heavy atom. The largest absolute Gasteiger partial charge is 0.478 e. The second kappa shape index (κ2) is 9.09. The lowest BCUT2D eigenvalue weighted by atomic mass is 9.65. The van der Waals surface area contributed by atoms with Gasteiger partial charge in [0.25, 0.3) is 0 Å². The quantitative estimate of drug-likeness (QED) is 0.749. The lowest BCUT2D eigenvalue weighted by Gasteiger charge is -2.49. The highest BCUT2D eigenvalue weighted by Gasteiger charge is 2.57. The van der Waals surface area contributed by atoms with E-state index in [-0.39, 0.29) is 11.0 Å². The Hall–Kier alpha value is -2.18. The normalized spacial score (nSPS) is 24.0. The molecule has 3 rings (SSSR count). The molecule has 1 aliphatic carbocycles. The van der Waals surface area contributed by atoms with Crippen LogP contribution < -0.4 is 0 Å². The van der Waals surface area contributed by atoms with E-state index in [4.69, 9.17) is 14.9 Å². The fraction of sp³-hybridized carbons (Fsp3) is 0.565. The van der Waals surface area contributed by atoms with Crippen molar-refractivity contribution in [3.05, 3.63) is 47.0 Å². The molecular formula is C23H33NO5. The molecule has 160 valence electrons. The standard InChI is InChI=1S/C19H29NO.C4H4O4/c1-14-6-7-15-13-18(2,3)19(21-5,17(15)12-14)16-8-10-20(4)11-9-16;5-3(6)1-2-4(7)8/h6-7,12,16H,8-11,13H2,1-5H3;1-2H,(H,5,6)(H,7,8)/b;2-1+. The molecule has 2 aliphatic rings. The van der Waals surface area contributed by atoms with Crippen LogP contribution >= 0.6 is 0 Å². The molecule has 1 aliphatic heterocycles. The van der Waals surface area contributed by atoms with Crippen LogP contribution in [0.2, 0.25) is 0 Å². The number of likely N-dealkylation sites (tertiary alicyclic amines) is 1. The van der Waals surface area contributed by atoms with Crippen LogP contribution in [-0.4, -0.2) is 54.3 Å². The summed E-state index contributed by atoms with van der Waals surface area (Å²) in [5.41, 5.74) is 4.35. The van der Waals surface area contributed by atoms with Gasteiger partial charge >= 0.3 is 11.9 Å². The number of hydrogen-bond acceptors (Lipinski definition) is 4. The number of benzene rings is 1. The average Bonchev–Trinajstić information content (AvgIpc) is 2.87. The number of fused-ring (bicyclic) bond motifs is 1. The van der Waals surface area contributed by atoms with Gasteiger partial charge in [0.05, 0.1) is 0 Å². The van der Waals surface area contributed by atoms with Crippen molar-refractivity contribution in [1.82, 2.24) is 4.90 Å². The summed E-state index contributed by atoms with van der Waals surface area (Å²) in [6.07, 6.45) is 4.72. The van der Waals surface area contributed by atoms with Gasteiger partial charge in [0.2, 0.25) is 0 Å². The Bertz CT molecular complexity index is 761. The SMILES string of the molecule is COC1(C2CCN(C)CC2)c2cc(C)ccc2CC1(C)C.O=C(O)/C=C/C(=O)O. The minimum Gasteiger partial charge on any atom is -0.478 e. The third-order valence-electron chi connectivity index (χ3n) is 6.29. The highest BCUT2D eigenvalue weighted by atomic mass is 16.5. The summed E-state index contributed by atoms with van der Waals surface area (Å²) in [5, 5.41) is 15.6. The Labute approximate surface area is 173 Å². The van der Waals surface area contributed by atoms with E-state index in [1.54, 1.807) is 0 Å². The van der Waals surface area contributed by atoms with Crippen molar-refractivity contribution in [2.24, 2.45) is 11.3 Å². The van der Waals surface area contributed by atoms with Crippen molar-refractivity contribution < 1.29 is 24.5 Å². The number of carboxylic acid groups (broad SMARTS) is 2. The van der Waals surface area contributed by atoms with Crippen LogP contribution in [0.5, 0.6) is 0 Å². The van der Waals surface area contributed by atoms with E-state index in [2.05, 4.69) is 50.9 Å². The summed E-state index contributed by atoms with van der Waals surface area (Å²) in [5.74, 6) is -1.89. The average molecular weight is 404 g/mol. The second-order valence-electron chi connectivity index (χ2n) is 8.75. The maximum absolute atomic E-state index is 9.55. The van der Waals surface area contributed by atoms with Gasteiger partial charge in [-0.2, -0.15) is 0 Å². The van der Waals surface area contributed by atoms with Gasteiger partial charge in [0, 0.05) is 24.7 Å². The first-order valence-electron chi connectivity index (χ1n) is 10.0. The molecular weight excluding hydrogens is 370 g/mol. The first-order chi connectivity index (χ1) is 13.5. The number of carboxylic acids is 2. The highest BCUT2D eigenvalue weighted by molar-refractivity contribution is 5.89. The topological polar surface area (TPSA) is 87.1 Å². The predicted molar refractivity (Wildman–Crippen MR) is 112 cm³/mol. The number of nitrogens with zero attached hydrogens (tertiary/aromatic N) is 1. The van der Waals surface area contributed by atoms with Crippen LogP contribution in [0, 0.1) is 18.3 Å². The van der Waals surface area contributed by atoms with Crippen LogP contribution in [0.4, 0.5) is 0 Å². The summed E-state index contributed by atoms with van der Waals surface area (Å²) < 4.78 is 6.35. The van der Waals surface area contributed by atoms with Gasteiger partial charge in [-0.1, -0.05) is 37.6 Å². The van der Waals surface area contributed by atoms with Gasteiger partial charge < -0.3 is 19.8 Å². The molecule has 1 aromatic rings. The first kappa shape index (κ1) is 23.1. The van der Waals surface area contributed by atoms with Crippen LogP contribution in [0.3, 0.4) is 0 Å². The van der Waals surface area contributed by atoms with Gasteiger partial charge in [0.15, 0.2) is 0 Å². The van der Waals surface area contributed by atoms with Crippen molar-refractivity contribution in [1.29, 1.82) is 0 Å². The molecule has 1 saturated heterocycles. The molecule has 1 atom stereocenters. The van der Waals surface area contributed by atoms with Crippen molar-refractivity contribution in [2.45, 2.75) is 45.6 Å². The van der Waals surface area contributed by atoms with Crippen molar-refractivity contribution >= 4 is 11.9 Å². The van der Waals surface area contributed by atoms with Crippen molar-refractivity contribution in [3.63, 3.8) is 0 Å². The van der Waals surface area contributed by atoms with E-state index in [1.165, 1.54) is 42.6 Å². The second-order valence-corrected chi connectivity index (χ2v) is 8.75. The molecule has 0 saturated carbocycles. The van der Waals surface area contributed by atoms with E-state index in [1.807, 2.05) is 7.11 Å². The molecule has 0 aromatic heterocycles. The third-order valence-corrected chi connectivity index (χ3v) is 6.29. The summed E-state index contributed by atoms with van der Waals surface area (Å²) in [4.78, 5) is 21.6. The first-order valence-corrected chi connectivity index (χ1v) is 10.0. The smallest absolute Gasteiger partial charge is 0.328 e. The highest BCUT2D eigenvalue weighted by Crippen LogP contribution is 2.58. The Balaban J connectivity index is 0.000000321. The van der Waals surface area contributed by atoms with Crippen molar-refractivity contribution in [2.75, 3.05) is 27.2 Å². The van der Waals surface area contributed by atoms with Gasteiger partial charge in [-0.25, -0.2) is 9.59 Å². The number of hydrogen-bond donors (Lipinski definition) is 2. The molecule has 6 heteroatoms. The Kier molecular flexibility index (Phi) is 7.25. The molecule has 0 spiro atoms. The molecule has 0 amide bonds. The minimum absolute atomic E-state index is 0.115. The third kappa shape index (κ3) is 4.87. The molecule has 1 fully saturated rings. The zero-order chi connectivity index (χ0) is 21.8. The van der Waals surface area contributed by atoms with Gasteiger partial charge in [-0.15, -0.1) is 0 Å². The fourth-order valence-electron chi connectivity index (χ4n) is 5.05. The molecule has 1 heterocycles. The zero-order valence-corrected chi connectivity index (χ0v) is 18.1. The predicted octanol–water partition coefficient (Wildman–Crippen LogP) is 3.47. The van der Waals surface area contributed by atoms with E-state index >= 15 is 0 Å². The Morgan fingerprint density at radius 2 is 1.69 bits per heavy atom. The van der Waals surface area contributed by atoms with Crippen LogP contribution in [0.15, 0.2) is 30.4 Å². The van der Waals surface area contributed by atoms with Gasteiger partial charge in [0.1, 0.15) is 5.60 Å². The molecule has 0 bridgehead atoms. The zero-order valence-electron chi connectivity index (χ0n) is 18.1. The number of aryl methyl sites for hydroxylation is 1. The maximum atomic E-state index is 9.55. The maximum Gasteiger partial charge on any atom is 0.328 e. The molecule has 1 unspecified atom stereocenters. The fourth-order valence-corrected chi connectivity index (χ4v) is 5.05. The van der Waals surface area contributed by atoms with E-state index in [9.17, 15) is 9.59 Å². The Morgan fingerprint density at radius 3 is 2.17 bits per heavy atom. The van der Waals surface area contributed by atoms with Crippen LogP contribution in [0.1, 0.15) is 43.4 Å². The number of aliphatic carboxylic acids is 2. The van der Waals surface area contributed by atoms with E-state index in [0.29, 0.717) is 18.1 Å². The molecule has 1 aromatic carbocycles. The molecule has 6 nitrogen and oxygen atoms in total. The van der Waals surface area contributed by atoms with E-state index < -0.39 is 11.9 Å². The summed E-state index contributed by atoms with van der Waals surface area (Å²) >= 11 is 0. The number of rotatable bonds is 4. The molecule has 2 N–H and O–H groups in total. The summed E-state index contributed by atoms with van der Waals surface area (Å²) in [6, 6.07) is 6.95. The van der Waals surface area contributed by atoms with Crippen molar-refractivity contribution in [3.8, 4) is 0 Å². The lowest BCUT2D eigenvalue weighted by Crippen LogP contribution is -2.50. The monoisotopic (exact) mass is 403 g/mol. The molecule has 0 radical (unpaired) electrons. The minimum atomic E-state index is -1.26. The summed E-state index contributed by atoms with van der Waals surface area (Å²) in [7, 11) is 4.16. The number of methoxy groups -OCH3 is 1. The molecule has 29 heavy (non-hydrogen) atoms. The number of ether oxygens (including phenoxy) is 1. The van der Waals surface area contributed by atoms with Gasteiger partial charge in [-0.3, -0.25) is 0 Å². The summed E-state index contributed by atoms with van der Waals surface area (Å²) in [6.45, 7) is 9.36. The van der Waals surface area contributed by atoms with Gasteiger partial charge in [-0.05, 0) is 63.4 Å².